The summed E-state index contributed by atoms with van der Waals surface area (Å²) in [7, 11) is 0. The Balaban J connectivity index is 2.59. The molecule has 0 aromatic heterocycles. The minimum atomic E-state index is -0.280. The Labute approximate surface area is 109 Å². The molecule has 0 amide bonds. The number of unbranched alkanes of at least 4 members (excludes halogenated alkanes) is 1. The van der Waals surface area contributed by atoms with Gasteiger partial charge in [-0.15, -0.1) is 0 Å². The number of rotatable bonds is 7. The van der Waals surface area contributed by atoms with Gasteiger partial charge in [-0.25, -0.2) is 4.39 Å². The average molecular weight is 253 g/mol. The minimum Gasteiger partial charge on any atom is -0.491 e. The van der Waals surface area contributed by atoms with Crippen LogP contribution >= 0.6 is 0 Å². The standard InChI is InChI=1S/C15H24FNO/c1-4-6-7-12(5-2)10-18-15-8-11(3)13(16)9-14(15)17/h8-9,12H,4-7,10,17H2,1-3H3. The molecule has 2 nitrogen and oxygen atoms in total. The topological polar surface area (TPSA) is 35.2 Å². The molecule has 0 spiro atoms. The summed E-state index contributed by atoms with van der Waals surface area (Å²) in [6.45, 7) is 6.74. The van der Waals surface area contributed by atoms with E-state index in [9.17, 15) is 4.39 Å². The summed E-state index contributed by atoms with van der Waals surface area (Å²) in [5, 5.41) is 0. The summed E-state index contributed by atoms with van der Waals surface area (Å²) in [5.41, 5.74) is 6.70. The third-order valence-electron chi connectivity index (χ3n) is 3.31. The van der Waals surface area contributed by atoms with E-state index in [0.29, 0.717) is 29.5 Å². The van der Waals surface area contributed by atoms with Crippen molar-refractivity contribution in [3.63, 3.8) is 0 Å². The maximum atomic E-state index is 13.3. The molecule has 1 atom stereocenters. The maximum Gasteiger partial charge on any atom is 0.142 e. The zero-order valence-electron chi connectivity index (χ0n) is 11.6. The highest BCUT2D eigenvalue weighted by atomic mass is 19.1. The average Bonchev–Trinajstić information content (AvgIpc) is 2.35. The van der Waals surface area contributed by atoms with Crippen LogP contribution in [-0.4, -0.2) is 6.61 Å². The largest absolute Gasteiger partial charge is 0.491 e. The molecule has 0 bridgehead atoms. The van der Waals surface area contributed by atoms with Crippen LogP contribution in [0.2, 0.25) is 0 Å². The summed E-state index contributed by atoms with van der Waals surface area (Å²) >= 11 is 0. The van der Waals surface area contributed by atoms with Gasteiger partial charge >= 0.3 is 0 Å². The predicted octanol–water partition coefficient (Wildman–Crippen LogP) is 4.31. The number of nitrogens with two attached hydrogens (primary N) is 1. The van der Waals surface area contributed by atoms with Gasteiger partial charge in [0.15, 0.2) is 0 Å². The molecule has 1 rings (SSSR count). The fraction of sp³-hybridized carbons (Fsp3) is 0.600. The highest BCUT2D eigenvalue weighted by molar-refractivity contribution is 5.54. The van der Waals surface area contributed by atoms with Crippen molar-refractivity contribution in [2.24, 2.45) is 5.92 Å². The van der Waals surface area contributed by atoms with E-state index in [4.69, 9.17) is 10.5 Å². The maximum absolute atomic E-state index is 13.3. The fourth-order valence-corrected chi connectivity index (χ4v) is 1.90. The Bertz CT molecular complexity index is 379. The van der Waals surface area contributed by atoms with Crippen LogP contribution < -0.4 is 10.5 Å². The number of ether oxygens (including phenoxy) is 1. The smallest absolute Gasteiger partial charge is 0.142 e. The molecule has 0 radical (unpaired) electrons. The molecule has 0 aliphatic heterocycles. The van der Waals surface area contributed by atoms with Crippen LogP contribution in [0.4, 0.5) is 10.1 Å². The van der Waals surface area contributed by atoms with Crippen molar-refractivity contribution in [1.82, 2.24) is 0 Å². The van der Waals surface area contributed by atoms with E-state index in [2.05, 4.69) is 13.8 Å². The van der Waals surface area contributed by atoms with Crippen LogP contribution in [0.1, 0.15) is 45.1 Å². The lowest BCUT2D eigenvalue weighted by molar-refractivity contribution is 0.234. The van der Waals surface area contributed by atoms with E-state index in [-0.39, 0.29) is 5.82 Å². The summed E-state index contributed by atoms with van der Waals surface area (Å²) in [6, 6.07) is 3.01. The van der Waals surface area contributed by atoms with Crippen molar-refractivity contribution in [3.05, 3.63) is 23.5 Å². The summed E-state index contributed by atoms with van der Waals surface area (Å²) in [5.74, 6) is 0.872. The molecule has 1 aromatic rings. The zero-order chi connectivity index (χ0) is 13.5. The van der Waals surface area contributed by atoms with Gasteiger partial charge in [0.25, 0.3) is 0 Å². The molecule has 0 heterocycles. The number of aryl methyl sites for hydroxylation is 1. The second kappa shape index (κ2) is 7.24. The van der Waals surface area contributed by atoms with Crippen molar-refractivity contribution in [3.8, 4) is 5.75 Å². The van der Waals surface area contributed by atoms with Gasteiger partial charge in [0.2, 0.25) is 0 Å². The van der Waals surface area contributed by atoms with Gasteiger partial charge in [0.05, 0.1) is 12.3 Å². The fourth-order valence-electron chi connectivity index (χ4n) is 1.90. The second-order valence-electron chi connectivity index (χ2n) is 4.87. The van der Waals surface area contributed by atoms with Crippen LogP contribution in [0.15, 0.2) is 12.1 Å². The summed E-state index contributed by atoms with van der Waals surface area (Å²) in [4.78, 5) is 0. The van der Waals surface area contributed by atoms with Crippen molar-refractivity contribution >= 4 is 5.69 Å². The first kappa shape index (κ1) is 14.8. The van der Waals surface area contributed by atoms with Crippen LogP contribution in [0, 0.1) is 18.7 Å². The second-order valence-corrected chi connectivity index (χ2v) is 4.87. The van der Waals surface area contributed by atoms with E-state index in [1.54, 1.807) is 13.0 Å². The normalized spacial score (nSPS) is 12.4. The lowest BCUT2D eigenvalue weighted by atomic mass is 10.0. The van der Waals surface area contributed by atoms with Gasteiger partial charge in [-0.2, -0.15) is 0 Å². The third-order valence-corrected chi connectivity index (χ3v) is 3.31. The van der Waals surface area contributed by atoms with Crippen LogP contribution in [0.25, 0.3) is 0 Å². The summed E-state index contributed by atoms with van der Waals surface area (Å²) < 4.78 is 19.0. The van der Waals surface area contributed by atoms with E-state index >= 15 is 0 Å². The number of nitrogen functional groups attached to an aromatic ring is 1. The summed E-state index contributed by atoms with van der Waals surface area (Å²) in [6.07, 6.45) is 4.70. The van der Waals surface area contributed by atoms with E-state index < -0.39 is 0 Å². The molecule has 0 fully saturated rings. The molecule has 0 saturated carbocycles. The van der Waals surface area contributed by atoms with E-state index in [1.165, 1.54) is 25.3 Å². The Kier molecular flexibility index (Phi) is 5.96. The van der Waals surface area contributed by atoms with Gasteiger partial charge in [-0.1, -0.05) is 33.1 Å². The molecule has 0 aliphatic carbocycles. The third kappa shape index (κ3) is 4.21. The molecular formula is C15H24FNO. The Morgan fingerprint density at radius 2 is 2.06 bits per heavy atom. The van der Waals surface area contributed by atoms with Gasteiger partial charge in [0, 0.05) is 6.07 Å². The first-order valence-electron chi connectivity index (χ1n) is 6.76. The van der Waals surface area contributed by atoms with Crippen molar-refractivity contribution < 1.29 is 9.13 Å². The highest BCUT2D eigenvalue weighted by Crippen LogP contribution is 2.26. The zero-order valence-corrected chi connectivity index (χ0v) is 11.6. The number of benzene rings is 1. The molecule has 2 N–H and O–H groups in total. The lowest BCUT2D eigenvalue weighted by Gasteiger charge is -2.17. The Hall–Kier alpha value is -1.25. The van der Waals surface area contributed by atoms with Crippen LogP contribution in [-0.2, 0) is 0 Å². The quantitative estimate of drug-likeness (QED) is 0.735. The van der Waals surface area contributed by atoms with E-state index in [0.717, 1.165) is 6.42 Å². The van der Waals surface area contributed by atoms with Gasteiger partial charge in [0.1, 0.15) is 11.6 Å². The molecule has 18 heavy (non-hydrogen) atoms. The molecule has 1 aromatic carbocycles. The first-order valence-corrected chi connectivity index (χ1v) is 6.76. The van der Waals surface area contributed by atoms with Crippen molar-refractivity contribution in [2.45, 2.75) is 46.5 Å². The Morgan fingerprint density at radius 1 is 1.33 bits per heavy atom. The number of anilines is 1. The molecule has 1 unspecified atom stereocenters. The van der Waals surface area contributed by atoms with Crippen LogP contribution in [0.3, 0.4) is 0 Å². The number of hydrogen-bond donors (Lipinski definition) is 1. The number of hydrogen-bond acceptors (Lipinski definition) is 2. The van der Waals surface area contributed by atoms with Crippen molar-refractivity contribution in [2.75, 3.05) is 12.3 Å². The van der Waals surface area contributed by atoms with Crippen molar-refractivity contribution in [1.29, 1.82) is 0 Å². The molecule has 3 heteroatoms. The Morgan fingerprint density at radius 3 is 2.67 bits per heavy atom. The lowest BCUT2D eigenvalue weighted by Crippen LogP contribution is -2.12. The van der Waals surface area contributed by atoms with E-state index in [1.807, 2.05) is 0 Å². The molecule has 0 aliphatic rings. The van der Waals surface area contributed by atoms with Gasteiger partial charge < -0.3 is 10.5 Å². The minimum absolute atomic E-state index is 0.280. The predicted molar refractivity (Wildman–Crippen MR) is 74.4 cm³/mol. The monoisotopic (exact) mass is 253 g/mol. The number of halogens is 1. The van der Waals surface area contributed by atoms with Crippen LogP contribution in [0.5, 0.6) is 5.75 Å². The highest BCUT2D eigenvalue weighted by Gasteiger charge is 2.10. The molecule has 102 valence electrons. The van der Waals surface area contributed by atoms with Gasteiger partial charge in [-0.3, -0.25) is 0 Å². The van der Waals surface area contributed by atoms with Gasteiger partial charge in [-0.05, 0) is 30.9 Å². The first-order chi connectivity index (χ1) is 8.58. The molecular weight excluding hydrogens is 229 g/mol. The molecule has 0 saturated heterocycles. The SMILES string of the molecule is CCCCC(CC)COc1cc(C)c(F)cc1N.